The Morgan fingerprint density at radius 3 is 2.60 bits per heavy atom. The van der Waals surface area contributed by atoms with Crippen molar-refractivity contribution in [2.45, 2.75) is 6.42 Å². The van der Waals surface area contributed by atoms with Gasteiger partial charge in [-0.25, -0.2) is 9.37 Å². The molecule has 4 rings (SSSR count). The van der Waals surface area contributed by atoms with Crippen molar-refractivity contribution in [3.8, 4) is 0 Å². The zero-order chi connectivity index (χ0) is 21.3. The fourth-order valence-corrected chi connectivity index (χ4v) is 3.34. The minimum absolute atomic E-state index is 0.00474. The fraction of sp³-hybridized carbons (Fsp3) is 0.300. The van der Waals surface area contributed by atoms with Gasteiger partial charge in [0.05, 0.1) is 29.2 Å². The van der Waals surface area contributed by atoms with E-state index in [0.717, 1.165) is 0 Å². The third kappa shape index (κ3) is 4.42. The number of nitrogens with one attached hydrogen (secondary N) is 2. The normalized spacial score (nSPS) is 20.6. The average Bonchev–Trinajstić information content (AvgIpc) is 3.53. The van der Waals surface area contributed by atoms with Gasteiger partial charge in [0.2, 0.25) is 11.8 Å². The fourth-order valence-electron chi connectivity index (χ4n) is 3.23. The van der Waals surface area contributed by atoms with E-state index in [1.807, 2.05) is 0 Å². The SMILES string of the molecule is O=C(Nc1ccc(Cl)cn1)[C@H]1C[C@H]1C(=O)Nc1ccc(N2CCOCC2=O)cc1F. The number of pyridine rings is 1. The van der Waals surface area contributed by atoms with Crippen LogP contribution in [0.5, 0.6) is 0 Å². The number of carbonyl (C=O) groups is 3. The van der Waals surface area contributed by atoms with Crippen LogP contribution in [0.4, 0.5) is 21.6 Å². The molecule has 2 aromatic rings. The highest BCUT2D eigenvalue weighted by molar-refractivity contribution is 6.30. The van der Waals surface area contributed by atoms with Gasteiger partial charge >= 0.3 is 0 Å². The number of ether oxygens (including phenoxy) is 1. The summed E-state index contributed by atoms with van der Waals surface area (Å²) in [4.78, 5) is 42.0. The molecule has 1 aliphatic heterocycles. The summed E-state index contributed by atoms with van der Waals surface area (Å²) in [5.74, 6) is -2.38. The predicted molar refractivity (Wildman–Crippen MR) is 108 cm³/mol. The van der Waals surface area contributed by atoms with E-state index >= 15 is 0 Å². The number of rotatable bonds is 5. The van der Waals surface area contributed by atoms with Crippen LogP contribution in [0.25, 0.3) is 0 Å². The van der Waals surface area contributed by atoms with Gasteiger partial charge in [0.15, 0.2) is 0 Å². The summed E-state index contributed by atoms with van der Waals surface area (Å²) in [7, 11) is 0. The van der Waals surface area contributed by atoms with Crippen molar-refractivity contribution in [2.75, 3.05) is 35.3 Å². The van der Waals surface area contributed by atoms with Crippen LogP contribution < -0.4 is 15.5 Å². The van der Waals surface area contributed by atoms with E-state index in [-0.39, 0.29) is 24.1 Å². The quantitative estimate of drug-likeness (QED) is 0.755. The van der Waals surface area contributed by atoms with E-state index < -0.39 is 23.6 Å². The van der Waals surface area contributed by atoms with E-state index in [9.17, 15) is 18.8 Å². The van der Waals surface area contributed by atoms with Crippen molar-refractivity contribution in [3.05, 3.63) is 47.4 Å². The summed E-state index contributed by atoms with van der Waals surface area (Å²) in [5.41, 5.74) is 0.396. The molecule has 2 atom stereocenters. The number of morpholine rings is 1. The molecule has 1 saturated heterocycles. The zero-order valence-electron chi connectivity index (χ0n) is 15.7. The highest BCUT2D eigenvalue weighted by Crippen LogP contribution is 2.40. The molecule has 30 heavy (non-hydrogen) atoms. The lowest BCUT2D eigenvalue weighted by molar-refractivity contribution is -0.125. The Hall–Kier alpha value is -3.04. The molecule has 3 amide bonds. The molecule has 1 aromatic heterocycles. The summed E-state index contributed by atoms with van der Waals surface area (Å²) in [6.45, 7) is 0.671. The number of benzene rings is 1. The lowest BCUT2D eigenvalue weighted by Crippen LogP contribution is -2.41. The molecule has 0 spiro atoms. The standard InChI is InChI=1S/C20H18ClFN4O4/c21-11-1-4-17(23-9-11)25-20(29)14-8-13(14)19(28)24-16-3-2-12(7-15(16)22)26-5-6-30-10-18(26)27/h1-4,7,9,13-14H,5-6,8,10H2,(H,24,28)(H,23,25,29)/t13-,14+/m1/s1. The van der Waals surface area contributed by atoms with Gasteiger partial charge in [-0.2, -0.15) is 0 Å². The van der Waals surface area contributed by atoms with Gasteiger partial charge in [0.1, 0.15) is 18.2 Å². The molecule has 2 heterocycles. The Bertz CT molecular complexity index is 1000. The molecule has 1 aliphatic carbocycles. The van der Waals surface area contributed by atoms with E-state index in [0.29, 0.717) is 36.1 Å². The van der Waals surface area contributed by atoms with Gasteiger partial charge in [-0.3, -0.25) is 14.4 Å². The van der Waals surface area contributed by atoms with Gasteiger partial charge in [-0.15, -0.1) is 0 Å². The summed E-state index contributed by atoms with van der Waals surface area (Å²) in [5, 5.41) is 5.59. The number of amides is 3. The second-order valence-electron chi connectivity index (χ2n) is 7.05. The number of halogens is 2. The Morgan fingerprint density at radius 1 is 1.17 bits per heavy atom. The molecule has 2 fully saturated rings. The molecule has 1 saturated carbocycles. The Morgan fingerprint density at radius 2 is 1.93 bits per heavy atom. The van der Waals surface area contributed by atoms with E-state index in [2.05, 4.69) is 15.6 Å². The van der Waals surface area contributed by atoms with Crippen LogP contribution >= 0.6 is 11.6 Å². The molecule has 156 valence electrons. The second-order valence-corrected chi connectivity index (χ2v) is 7.49. The molecule has 8 nitrogen and oxygen atoms in total. The molecule has 0 bridgehead atoms. The van der Waals surface area contributed by atoms with Gasteiger partial charge in [-0.1, -0.05) is 11.6 Å². The molecule has 1 aromatic carbocycles. The maximum atomic E-state index is 14.5. The van der Waals surface area contributed by atoms with Crippen LogP contribution in [0.15, 0.2) is 36.5 Å². The first-order chi connectivity index (χ1) is 14.4. The summed E-state index contributed by atoms with van der Waals surface area (Å²) in [6.07, 6.45) is 1.78. The summed E-state index contributed by atoms with van der Waals surface area (Å²) in [6, 6.07) is 7.32. The molecular formula is C20H18ClFN4O4. The van der Waals surface area contributed by atoms with Gasteiger partial charge in [0.25, 0.3) is 5.91 Å². The van der Waals surface area contributed by atoms with Crippen molar-refractivity contribution < 1.29 is 23.5 Å². The van der Waals surface area contributed by atoms with Crippen LogP contribution in [0.3, 0.4) is 0 Å². The minimum Gasteiger partial charge on any atom is -0.370 e. The molecule has 0 radical (unpaired) electrons. The molecule has 2 N–H and O–H groups in total. The molecule has 0 unspecified atom stereocenters. The largest absolute Gasteiger partial charge is 0.370 e. The first kappa shape index (κ1) is 20.2. The molecular weight excluding hydrogens is 415 g/mol. The third-order valence-corrected chi connectivity index (χ3v) is 5.17. The number of aromatic nitrogens is 1. The van der Waals surface area contributed by atoms with E-state index in [1.54, 1.807) is 18.2 Å². The third-order valence-electron chi connectivity index (χ3n) is 4.95. The maximum absolute atomic E-state index is 14.5. The Labute approximate surface area is 176 Å². The van der Waals surface area contributed by atoms with Crippen LogP contribution in [-0.4, -0.2) is 42.5 Å². The number of hydrogen-bond donors (Lipinski definition) is 2. The van der Waals surface area contributed by atoms with Crippen molar-refractivity contribution in [1.82, 2.24) is 4.98 Å². The lowest BCUT2D eigenvalue weighted by Gasteiger charge is -2.27. The Kier molecular flexibility index (Phi) is 5.65. The highest BCUT2D eigenvalue weighted by atomic mass is 35.5. The first-order valence-electron chi connectivity index (χ1n) is 9.33. The summed E-state index contributed by atoms with van der Waals surface area (Å²) >= 11 is 5.75. The number of carbonyl (C=O) groups excluding carboxylic acids is 3. The molecule has 2 aliphatic rings. The predicted octanol–water partition coefficient (Wildman–Crippen LogP) is 2.45. The van der Waals surface area contributed by atoms with Gasteiger partial charge in [-0.05, 0) is 36.8 Å². The van der Waals surface area contributed by atoms with Crippen LogP contribution in [0, 0.1) is 17.7 Å². The van der Waals surface area contributed by atoms with Crippen LogP contribution in [0.1, 0.15) is 6.42 Å². The lowest BCUT2D eigenvalue weighted by atomic mass is 10.2. The minimum atomic E-state index is -0.660. The first-order valence-corrected chi connectivity index (χ1v) is 9.71. The summed E-state index contributed by atoms with van der Waals surface area (Å²) < 4.78 is 19.5. The van der Waals surface area contributed by atoms with Crippen LogP contribution in [-0.2, 0) is 19.1 Å². The van der Waals surface area contributed by atoms with Gasteiger partial charge in [0, 0.05) is 18.4 Å². The number of nitrogens with zero attached hydrogens (tertiary/aromatic N) is 2. The highest BCUT2D eigenvalue weighted by Gasteiger charge is 2.48. The van der Waals surface area contributed by atoms with Gasteiger partial charge < -0.3 is 20.3 Å². The number of hydrogen-bond acceptors (Lipinski definition) is 5. The van der Waals surface area contributed by atoms with E-state index in [1.165, 1.54) is 23.2 Å². The average molecular weight is 433 g/mol. The van der Waals surface area contributed by atoms with Crippen LogP contribution in [0.2, 0.25) is 5.02 Å². The monoisotopic (exact) mass is 432 g/mol. The number of anilines is 3. The van der Waals surface area contributed by atoms with Crippen molar-refractivity contribution in [1.29, 1.82) is 0 Å². The molecule has 10 heteroatoms. The van der Waals surface area contributed by atoms with E-state index in [4.69, 9.17) is 16.3 Å². The smallest absolute Gasteiger partial charge is 0.253 e. The van der Waals surface area contributed by atoms with Crippen molar-refractivity contribution in [3.63, 3.8) is 0 Å². The Balaban J connectivity index is 1.34. The van der Waals surface area contributed by atoms with Crippen molar-refractivity contribution >= 4 is 46.5 Å². The maximum Gasteiger partial charge on any atom is 0.253 e. The zero-order valence-corrected chi connectivity index (χ0v) is 16.5. The topological polar surface area (TPSA) is 101 Å². The second kappa shape index (κ2) is 8.37. The van der Waals surface area contributed by atoms with Crippen molar-refractivity contribution in [2.24, 2.45) is 11.8 Å².